The van der Waals surface area contributed by atoms with Crippen LogP contribution in [0.2, 0.25) is 0 Å². The van der Waals surface area contributed by atoms with Crippen molar-refractivity contribution in [2.75, 3.05) is 13.7 Å². The number of nitrogens with zero attached hydrogens (tertiary/aromatic N) is 9. The molecule has 0 amide bonds. The molecule has 0 radical (unpaired) electrons. The van der Waals surface area contributed by atoms with E-state index < -0.39 is 134 Å². The Kier molecular flexibility index (Phi) is 22.1. The Balaban J connectivity index is 1.10. The fourth-order valence-corrected chi connectivity index (χ4v) is 11.7. The van der Waals surface area contributed by atoms with E-state index in [9.17, 15) is 31.0 Å². The third kappa shape index (κ3) is 14.3. The Hall–Kier alpha value is -5.26. The van der Waals surface area contributed by atoms with Crippen molar-refractivity contribution < 1.29 is 71.2 Å². The summed E-state index contributed by atoms with van der Waals surface area (Å²) in [5.41, 5.74) is 30.4. The lowest BCUT2D eigenvalue weighted by atomic mass is 9.81. The number of esters is 1. The van der Waals surface area contributed by atoms with Crippen molar-refractivity contribution in [3.8, 4) is 0 Å². The Morgan fingerprint density at radius 3 is 1.63 bits per heavy atom. The van der Waals surface area contributed by atoms with Gasteiger partial charge in [-0.1, -0.05) is 119 Å². The first-order valence-corrected chi connectivity index (χ1v) is 27.4. The molecule has 2 aromatic rings. The summed E-state index contributed by atoms with van der Waals surface area (Å²) in [5.74, 6) is -3.49. The summed E-state index contributed by atoms with van der Waals surface area (Å²) in [6.07, 6.45) is -12.6. The number of Topliss-reactive ketones (excluding diaryl/α,β-unsaturated/α-hetero) is 2. The summed E-state index contributed by atoms with van der Waals surface area (Å²) in [6.45, 7) is 18.1. The highest BCUT2D eigenvalue weighted by Gasteiger charge is 2.55. The van der Waals surface area contributed by atoms with Gasteiger partial charge in [-0.2, -0.15) is 0 Å². The zero-order valence-electron chi connectivity index (χ0n) is 46.8. The first-order chi connectivity index (χ1) is 38.0. The summed E-state index contributed by atoms with van der Waals surface area (Å²) >= 11 is 0. The largest absolute Gasteiger partial charge is 0.459 e. The Morgan fingerprint density at radius 2 is 1.06 bits per heavy atom. The lowest BCUT2D eigenvalue weighted by molar-refractivity contribution is -0.356. The highest BCUT2D eigenvalue weighted by molar-refractivity contribution is 5.89. The minimum atomic E-state index is -1.19. The number of hydrogen-bond acceptors (Lipinski definition) is 18. The lowest BCUT2D eigenvalue weighted by Crippen LogP contribution is -2.63. The van der Waals surface area contributed by atoms with Gasteiger partial charge in [-0.05, 0) is 90.6 Å². The molecule has 0 spiro atoms. The maximum Gasteiger partial charge on any atom is 0.338 e. The number of azide groups is 3. The quantitative estimate of drug-likeness (QED) is 0.0458. The molecule has 0 bridgehead atoms. The standard InChI is InChI=1S/C55H77N9O15/c1-12-37-28(4)29(5)41(59-62-56)53(71-37)78-47-32(8)48(69-25-35-20-16-14-17-21-35)55(79-50(47)34(10)66)77-45-31(7)43(61-64-58)54(72-38(45)13-2)76-44-27(3)24-40(75-49(44)33(9)65)74-46-30(6)42(60-63-57)52(68-11)73-39(46)26-70-51(67)36-22-18-15-19-23-36/h14-23,27-32,37-50,52-55H,12-13,24-26H2,1-11H3/t27-,28+,29+,30-,31-,32+,37?,38?,39?,40-,41?,42?,43?,44+,45+,46+,47+,48?,49?,50?,52+,53-,54-,55-/m1/s1. The average Bonchev–Trinajstić information content (AvgIpc) is 3.46. The van der Waals surface area contributed by atoms with E-state index in [4.69, 9.17) is 56.8 Å². The van der Waals surface area contributed by atoms with Crippen LogP contribution in [0.15, 0.2) is 76.0 Å². The molecule has 24 heteroatoms. The minimum absolute atomic E-state index is 0.0652. The molecule has 0 aromatic heterocycles. The monoisotopic (exact) mass is 1100 g/mol. The zero-order valence-corrected chi connectivity index (χ0v) is 46.8. The summed E-state index contributed by atoms with van der Waals surface area (Å²) in [4.78, 5) is 49.7. The SMILES string of the molecule is CCC1O[C@H](O[C@@H]2C(C(C)=O)O[C@@H](O[C@@H]3C(CC)O[C@H](O[C@@H]4C(C(C)=O)O[C@@H](O[C@@H]5C(COC(=O)c6ccccc6)O[C@H](OC)C(N=[N+]=[N-])[C@H]5C)C[C@H]4C)C(N=[N+]=[N-])[C@H]3C)C(OCc3ccccc3)[C@H]2C)C(N=[N+]=[N-])[C@@H](C)[C@@H]1C. The number of ketones is 2. The van der Waals surface area contributed by atoms with Gasteiger partial charge in [-0.3, -0.25) is 9.59 Å². The minimum Gasteiger partial charge on any atom is -0.459 e. The maximum absolute atomic E-state index is 13.7. The van der Waals surface area contributed by atoms with E-state index in [1.807, 2.05) is 71.9 Å². The molecule has 5 aliphatic heterocycles. The molecule has 5 fully saturated rings. The van der Waals surface area contributed by atoms with Gasteiger partial charge in [0.15, 0.2) is 43.0 Å². The number of methoxy groups -OCH3 is 1. The van der Waals surface area contributed by atoms with E-state index in [0.717, 1.165) is 5.56 Å². The smallest absolute Gasteiger partial charge is 0.338 e. The molecule has 9 unspecified atom stereocenters. The van der Waals surface area contributed by atoms with Crippen LogP contribution in [-0.2, 0) is 73.0 Å². The van der Waals surface area contributed by atoms with E-state index in [0.29, 0.717) is 18.4 Å². The normalized spacial score (nSPS) is 39.4. The van der Waals surface area contributed by atoms with Crippen LogP contribution in [-0.4, -0.2) is 142 Å². The number of carbonyl (C=O) groups excluding carboxylic acids is 3. The van der Waals surface area contributed by atoms with Crippen LogP contribution in [0.5, 0.6) is 0 Å². The van der Waals surface area contributed by atoms with Crippen LogP contribution in [0.1, 0.15) is 104 Å². The molecule has 5 aliphatic rings. The predicted molar refractivity (Wildman–Crippen MR) is 282 cm³/mol. The molecule has 432 valence electrons. The van der Waals surface area contributed by atoms with E-state index in [2.05, 4.69) is 37.0 Å². The van der Waals surface area contributed by atoms with Gasteiger partial charge in [0.2, 0.25) is 0 Å². The summed E-state index contributed by atoms with van der Waals surface area (Å²) in [6, 6.07) is 15.5. The Labute approximate surface area is 460 Å². The average molecular weight is 1100 g/mol. The fraction of sp³-hybridized carbons (Fsp3) is 0.727. The maximum atomic E-state index is 13.7. The highest BCUT2D eigenvalue weighted by atomic mass is 16.8. The van der Waals surface area contributed by atoms with Crippen LogP contribution >= 0.6 is 0 Å². The van der Waals surface area contributed by atoms with Gasteiger partial charge in [0.25, 0.3) is 0 Å². The third-order valence-electron chi connectivity index (χ3n) is 16.4. The molecule has 0 aliphatic carbocycles. The summed E-state index contributed by atoms with van der Waals surface area (Å²) in [5, 5.41) is 12.3. The molecule has 24 atom stereocenters. The summed E-state index contributed by atoms with van der Waals surface area (Å²) in [7, 11) is 1.41. The molecule has 2 aromatic carbocycles. The highest BCUT2D eigenvalue weighted by Crippen LogP contribution is 2.43. The molecule has 5 saturated heterocycles. The van der Waals surface area contributed by atoms with Gasteiger partial charge in [0.1, 0.15) is 31.0 Å². The van der Waals surface area contributed by atoms with Gasteiger partial charge in [0.05, 0.1) is 66.9 Å². The van der Waals surface area contributed by atoms with Gasteiger partial charge in [-0.15, -0.1) is 0 Å². The van der Waals surface area contributed by atoms with Crippen LogP contribution in [0.4, 0.5) is 0 Å². The number of benzene rings is 2. The van der Waals surface area contributed by atoms with Crippen molar-refractivity contribution in [1.29, 1.82) is 0 Å². The van der Waals surface area contributed by atoms with Crippen molar-refractivity contribution >= 4 is 17.5 Å². The second kappa shape index (κ2) is 28.4. The topological polar surface area (TPSA) is 308 Å². The predicted octanol–water partition coefficient (Wildman–Crippen LogP) is 9.48. The van der Waals surface area contributed by atoms with Crippen molar-refractivity contribution in [3.63, 3.8) is 0 Å². The number of rotatable bonds is 22. The van der Waals surface area contributed by atoms with E-state index in [-0.39, 0.29) is 49.1 Å². The molecular formula is C55H77N9O15. The number of carbonyl (C=O) groups is 3. The van der Waals surface area contributed by atoms with E-state index >= 15 is 0 Å². The Morgan fingerprint density at radius 1 is 0.557 bits per heavy atom. The van der Waals surface area contributed by atoms with Gasteiger partial charge < -0.3 is 56.8 Å². The van der Waals surface area contributed by atoms with Crippen molar-refractivity contribution in [3.05, 3.63) is 103 Å². The molecule has 0 N–H and O–H groups in total. The van der Waals surface area contributed by atoms with Gasteiger partial charge in [-0.25, -0.2) is 4.79 Å². The van der Waals surface area contributed by atoms with Crippen LogP contribution < -0.4 is 0 Å². The first-order valence-electron chi connectivity index (χ1n) is 27.4. The summed E-state index contributed by atoms with van der Waals surface area (Å²) < 4.78 is 77.5. The molecule has 0 saturated carbocycles. The third-order valence-corrected chi connectivity index (χ3v) is 16.4. The lowest BCUT2D eigenvalue weighted by Gasteiger charge is -2.51. The molecule has 7 rings (SSSR count). The molecule has 24 nitrogen and oxygen atoms in total. The fourth-order valence-electron chi connectivity index (χ4n) is 11.7. The molecular weight excluding hydrogens is 1030 g/mol. The van der Waals surface area contributed by atoms with Crippen molar-refractivity contribution in [2.45, 2.75) is 206 Å². The van der Waals surface area contributed by atoms with Crippen LogP contribution in [0, 0.1) is 35.5 Å². The first kappa shape index (κ1) is 61.4. The second-order valence-corrected chi connectivity index (χ2v) is 21.5. The molecule has 79 heavy (non-hydrogen) atoms. The number of hydrogen-bond donors (Lipinski definition) is 0. The van der Waals surface area contributed by atoms with Crippen molar-refractivity contribution in [2.24, 2.45) is 50.9 Å². The van der Waals surface area contributed by atoms with Gasteiger partial charge in [0, 0.05) is 34.2 Å². The number of ether oxygens (including phenoxy) is 12. The zero-order chi connectivity index (χ0) is 57.1. The second-order valence-electron chi connectivity index (χ2n) is 21.5. The van der Waals surface area contributed by atoms with Crippen LogP contribution in [0.25, 0.3) is 31.3 Å². The van der Waals surface area contributed by atoms with Crippen molar-refractivity contribution in [1.82, 2.24) is 0 Å². The van der Waals surface area contributed by atoms with Gasteiger partial charge >= 0.3 is 5.97 Å². The molecule has 5 heterocycles. The van der Waals surface area contributed by atoms with E-state index in [1.54, 1.807) is 37.3 Å². The van der Waals surface area contributed by atoms with Crippen LogP contribution in [0.3, 0.4) is 0 Å². The Bertz CT molecular complexity index is 2490. The van der Waals surface area contributed by atoms with E-state index in [1.165, 1.54) is 21.0 Å².